The van der Waals surface area contributed by atoms with Gasteiger partial charge in [-0.1, -0.05) is 77.6 Å². The molecule has 4 heteroatoms. The fourth-order valence-electron chi connectivity index (χ4n) is 2.00. The summed E-state index contributed by atoms with van der Waals surface area (Å²) in [6.07, 6.45) is 2.41. The van der Waals surface area contributed by atoms with Crippen LogP contribution >= 0.6 is 63.7 Å². The zero-order chi connectivity index (χ0) is 9.41. The molecule has 0 aromatic rings. The molecule has 0 nitrogen and oxygen atoms in total. The Balaban J connectivity index is 2.25. The summed E-state index contributed by atoms with van der Waals surface area (Å²) < 4.78 is 0.343. The van der Waals surface area contributed by atoms with Crippen molar-refractivity contribution in [1.82, 2.24) is 0 Å². The minimum absolute atomic E-state index is 0.172. The number of alkyl halides is 4. The summed E-state index contributed by atoms with van der Waals surface area (Å²) in [5.74, 6) is 0. The average Bonchev–Trinajstić information content (AvgIpc) is 2.49. The third-order valence-corrected chi connectivity index (χ3v) is 8.36. The first kappa shape index (κ1) is 10.4. The number of rotatable bonds is 1. The van der Waals surface area contributed by atoms with Crippen molar-refractivity contribution in [1.29, 1.82) is 0 Å². The van der Waals surface area contributed by atoms with Gasteiger partial charge in [0, 0.05) is 10.8 Å². The Kier molecular flexibility index (Phi) is 2.05. The Morgan fingerprint density at radius 2 is 0.917 bits per heavy atom. The molecule has 70 valence electrons. The summed E-state index contributed by atoms with van der Waals surface area (Å²) in [5, 5.41) is 0. The summed E-state index contributed by atoms with van der Waals surface area (Å²) in [6.45, 7) is 4.67. The van der Waals surface area contributed by atoms with Gasteiger partial charge in [0.25, 0.3) is 0 Å². The van der Waals surface area contributed by atoms with Crippen molar-refractivity contribution >= 4 is 63.7 Å². The highest BCUT2D eigenvalue weighted by Gasteiger charge is 2.81. The van der Waals surface area contributed by atoms with Gasteiger partial charge in [-0.3, -0.25) is 0 Å². The maximum atomic E-state index is 3.71. The molecule has 0 spiro atoms. The molecular weight excluding hydrogens is 416 g/mol. The zero-order valence-electron chi connectivity index (χ0n) is 6.93. The Labute approximate surface area is 107 Å². The lowest BCUT2D eigenvalue weighted by molar-refractivity contribution is 0.340. The molecule has 0 aliphatic heterocycles. The Bertz CT molecular complexity index is 221. The molecule has 0 aromatic heterocycles. The fraction of sp³-hybridized carbons (Fsp3) is 1.00. The van der Waals surface area contributed by atoms with Crippen LogP contribution in [-0.4, -0.2) is 6.47 Å². The van der Waals surface area contributed by atoms with Gasteiger partial charge >= 0.3 is 0 Å². The van der Waals surface area contributed by atoms with Gasteiger partial charge in [-0.15, -0.1) is 0 Å². The largest absolute Gasteiger partial charge is 0.0871 e. The van der Waals surface area contributed by atoms with E-state index in [1.807, 2.05) is 0 Å². The van der Waals surface area contributed by atoms with Crippen molar-refractivity contribution in [3.8, 4) is 0 Å². The highest BCUT2D eigenvalue weighted by Crippen LogP contribution is 2.86. The van der Waals surface area contributed by atoms with Crippen molar-refractivity contribution in [2.24, 2.45) is 10.8 Å². The number of hydrogen-bond acceptors (Lipinski definition) is 0. The monoisotopic (exact) mass is 422 g/mol. The third kappa shape index (κ3) is 1.04. The van der Waals surface area contributed by atoms with Gasteiger partial charge in [0.1, 0.15) is 0 Å². The summed E-state index contributed by atoms with van der Waals surface area (Å²) in [5.41, 5.74) is 0.736. The molecule has 0 aromatic carbocycles. The lowest BCUT2D eigenvalue weighted by atomic mass is 9.90. The summed E-state index contributed by atoms with van der Waals surface area (Å²) in [6, 6.07) is 0. The Morgan fingerprint density at radius 1 is 0.750 bits per heavy atom. The van der Waals surface area contributed by atoms with Crippen molar-refractivity contribution in [3.05, 3.63) is 0 Å². The minimum atomic E-state index is 0.172. The summed E-state index contributed by atoms with van der Waals surface area (Å²) in [4.78, 5) is 0. The fourth-order valence-corrected chi connectivity index (χ4v) is 5.99. The molecule has 2 rings (SSSR count). The molecule has 2 aliphatic carbocycles. The molecule has 2 atom stereocenters. The van der Waals surface area contributed by atoms with Crippen molar-refractivity contribution in [2.75, 3.05) is 0 Å². The first-order valence-electron chi connectivity index (χ1n) is 3.92. The Morgan fingerprint density at radius 3 is 1.00 bits per heavy atom. The van der Waals surface area contributed by atoms with E-state index in [-0.39, 0.29) is 6.47 Å². The van der Waals surface area contributed by atoms with Gasteiger partial charge in [-0.25, -0.2) is 0 Å². The molecule has 0 N–H and O–H groups in total. The van der Waals surface area contributed by atoms with Crippen LogP contribution in [0.3, 0.4) is 0 Å². The van der Waals surface area contributed by atoms with Gasteiger partial charge in [0.05, 0.1) is 6.47 Å². The maximum absolute atomic E-state index is 3.71. The van der Waals surface area contributed by atoms with Crippen molar-refractivity contribution < 1.29 is 0 Å². The second kappa shape index (κ2) is 2.35. The standard InChI is InChI=1S/C8H10Br4/c1-5(3-7(5,9)10)6(2)4-8(6,11)12/h3-4H2,1-2H3/t5-,6-/m1/s1. The van der Waals surface area contributed by atoms with Gasteiger partial charge in [-0.2, -0.15) is 0 Å². The second-order valence-electron chi connectivity index (χ2n) is 4.43. The van der Waals surface area contributed by atoms with Gasteiger partial charge in [-0.05, 0) is 12.8 Å². The van der Waals surface area contributed by atoms with E-state index < -0.39 is 0 Å². The van der Waals surface area contributed by atoms with E-state index in [9.17, 15) is 0 Å². The minimum Gasteiger partial charge on any atom is -0.0721 e. The zero-order valence-corrected chi connectivity index (χ0v) is 13.3. The lowest BCUT2D eigenvalue weighted by Gasteiger charge is -2.23. The molecular formula is C8H10Br4. The maximum Gasteiger partial charge on any atom is 0.0871 e. The van der Waals surface area contributed by atoms with Crippen LogP contribution < -0.4 is 0 Å². The Hall–Kier alpha value is 1.92. The van der Waals surface area contributed by atoms with Crippen LogP contribution in [0.15, 0.2) is 0 Å². The highest BCUT2D eigenvalue weighted by molar-refractivity contribution is 9.26. The van der Waals surface area contributed by atoms with Gasteiger partial charge < -0.3 is 0 Å². The number of halogens is 4. The third-order valence-electron chi connectivity index (χ3n) is 3.73. The molecule has 0 bridgehead atoms. The first-order valence-corrected chi connectivity index (χ1v) is 7.09. The quantitative estimate of drug-likeness (QED) is 0.530. The smallest absolute Gasteiger partial charge is 0.0721 e. The predicted octanol–water partition coefficient (Wildman–Crippen LogP) is 4.78. The molecule has 0 heterocycles. The highest BCUT2D eigenvalue weighted by atomic mass is 79.9. The van der Waals surface area contributed by atoms with E-state index in [0.29, 0.717) is 10.8 Å². The molecule has 0 amide bonds. The van der Waals surface area contributed by atoms with E-state index in [2.05, 4.69) is 77.6 Å². The van der Waals surface area contributed by atoms with E-state index in [4.69, 9.17) is 0 Å². The molecule has 2 aliphatic rings. The van der Waals surface area contributed by atoms with Crippen LogP contribution in [0, 0.1) is 10.8 Å². The molecule has 0 unspecified atom stereocenters. The first-order chi connectivity index (χ1) is 5.16. The van der Waals surface area contributed by atoms with Crippen molar-refractivity contribution in [2.45, 2.75) is 33.2 Å². The van der Waals surface area contributed by atoms with Crippen molar-refractivity contribution in [3.63, 3.8) is 0 Å². The van der Waals surface area contributed by atoms with E-state index in [1.54, 1.807) is 0 Å². The van der Waals surface area contributed by atoms with E-state index >= 15 is 0 Å². The average molecular weight is 426 g/mol. The molecule has 0 radical (unpaired) electrons. The number of hydrogen-bond donors (Lipinski definition) is 0. The SMILES string of the molecule is C[C@]1([C@@]2(C)CC2(Br)Br)CC1(Br)Br. The predicted molar refractivity (Wildman–Crippen MR) is 66.6 cm³/mol. The van der Waals surface area contributed by atoms with E-state index in [0.717, 1.165) is 0 Å². The van der Waals surface area contributed by atoms with Crippen LogP contribution in [0.5, 0.6) is 0 Å². The molecule has 0 saturated heterocycles. The second-order valence-corrected chi connectivity index (χ2v) is 12.0. The molecule has 2 saturated carbocycles. The van der Waals surface area contributed by atoms with E-state index in [1.165, 1.54) is 12.8 Å². The summed E-state index contributed by atoms with van der Waals surface area (Å²) in [7, 11) is 0. The van der Waals surface area contributed by atoms with Gasteiger partial charge in [0.15, 0.2) is 0 Å². The molecule has 2 fully saturated rings. The van der Waals surface area contributed by atoms with Crippen LogP contribution in [0.1, 0.15) is 26.7 Å². The van der Waals surface area contributed by atoms with Crippen LogP contribution in [0.2, 0.25) is 0 Å². The molecule has 12 heavy (non-hydrogen) atoms. The topological polar surface area (TPSA) is 0 Å². The lowest BCUT2D eigenvalue weighted by Crippen LogP contribution is -2.21. The van der Waals surface area contributed by atoms with Crippen LogP contribution in [0.4, 0.5) is 0 Å². The normalized spacial score (nSPS) is 53.5. The van der Waals surface area contributed by atoms with Crippen LogP contribution in [-0.2, 0) is 0 Å². The van der Waals surface area contributed by atoms with Gasteiger partial charge in [0.2, 0.25) is 0 Å². The summed E-state index contributed by atoms with van der Waals surface area (Å²) >= 11 is 14.8. The van der Waals surface area contributed by atoms with Crippen LogP contribution in [0.25, 0.3) is 0 Å².